The lowest BCUT2D eigenvalue weighted by Gasteiger charge is -2.08. The SMILES string of the molecule is N#Cc1cc([N+](=O)[O-])ccc1NC(=O)COC(=O)CCCc1nc2ccccc2s1. The summed E-state index contributed by atoms with van der Waals surface area (Å²) in [5.41, 5.74) is 0.725. The van der Waals surface area contributed by atoms with Crippen LogP contribution in [-0.4, -0.2) is 28.4 Å². The Hall–Kier alpha value is -3.84. The zero-order valence-corrected chi connectivity index (χ0v) is 16.5. The molecule has 0 bridgehead atoms. The smallest absolute Gasteiger partial charge is 0.306 e. The Bertz CT molecular complexity index is 1120. The van der Waals surface area contributed by atoms with Crippen LogP contribution in [-0.2, 0) is 20.7 Å². The minimum atomic E-state index is -0.639. The number of aromatic nitrogens is 1. The van der Waals surface area contributed by atoms with Gasteiger partial charge in [0, 0.05) is 18.6 Å². The number of thiazole rings is 1. The molecule has 1 N–H and O–H groups in total. The molecule has 0 atom stereocenters. The largest absolute Gasteiger partial charge is 0.456 e. The van der Waals surface area contributed by atoms with Crippen LogP contribution < -0.4 is 5.32 Å². The number of non-ortho nitro benzene ring substituents is 1. The number of rotatable bonds is 8. The fourth-order valence-corrected chi connectivity index (χ4v) is 3.67. The third kappa shape index (κ3) is 5.36. The molecule has 3 aromatic rings. The van der Waals surface area contributed by atoms with Crippen LogP contribution in [0.4, 0.5) is 11.4 Å². The molecule has 0 radical (unpaired) electrons. The van der Waals surface area contributed by atoms with E-state index in [1.165, 1.54) is 12.1 Å². The van der Waals surface area contributed by atoms with Gasteiger partial charge in [0.15, 0.2) is 6.61 Å². The predicted molar refractivity (Wildman–Crippen MR) is 110 cm³/mol. The minimum Gasteiger partial charge on any atom is -0.456 e. The first kappa shape index (κ1) is 20.9. The highest BCUT2D eigenvalue weighted by Crippen LogP contribution is 2.23. The van der Waals surface area contributed by atoms with Crippen molar-refractivity contribution in [3.63, 3.8) is 0 Å². The van der Waals surface area contributed by atoms with Crippen molar-refractivity contribution < 1.29 is 19.2 Å². The van der Waals surface area contributed by atoms with Gasteiger partial charge in [-0.3, -0.25) is 19.7 Å². The number of anilines is 1. The van der Waals surface area contributed by atoms with Crippen molar-refractivity contribution >= 4 is 44.8 Å². The minimum absolute atomic E-state index is 0.0558. The highest BCUT2D eigenvalue weighted by Gasteiger charge is 2.14. The number of nitro groups is 1. The summed E-state index contributed by atoms with van der Waals surface area (Å²) in [5.74, 6) is -1.16. The summed E-state index contributed by atoms with van der Waals surface area (Å²) in [6.07, 6.45) is 1.32. The average Bonchev–Trinajstić information content (AvgIpc) is 3.15. The Kier molecular flexibility index (Phi) is 6.67. The maximum atomic E-state index is 12.0. The van der Waals surface area contributed by atoms with E-state index in [1.807, 2.05) is 24.3 Å². The zero-order valence-electron chi connectivity index (χ0n) is 15.7. The summed E-state index contributed by atoms with van der Waals surface area (Å²) in [4.78, 5) is 38.4. The average molecular weight is 424 g/mol. The van der Waals surface area contributed by atoms with Crippen molar-refractivity contribution in [3.05, 3.63) is 63.1 Å². The molecule has 0 saturated heterocycles. The second-order valence-corrected chi connectivity index (χ2v) is 7.35. The van der Waals surface area contributed by atoms with Crippen LogP contribution in [0.1, 0.15) is 23.4 Å². The highest BCUT2D eigenvalue weighted by molar-refractivity contribution is 7.18. The standard InChI is InChI=1S/C20H16N4O5S/c21-11-13-10-14(24(27)28)8-9-15(13)22-18(25)12-29-20(26)7-3-6-19-23-16-4-1-2-5-17(16)30-19/h1-2,4-5,8-10H,3,6-7,12H2,(H,22,25). The maximum Gasteiger partial charge on any atom is 0.306 e. The number of nitrogens with zero attached hydrogens (tertiary/aromatic N) is 3. The molecule has 30 heavy (non-hydrogen) atoms. The molecular weight excluding hydrogens is 408 g/mol. The Balaban J connectivity index is 1.43. The van der Waals surface area contributed by atoms with E-state index in [1.54, 1.807) is 17.4 Å². The summed E-state index contributed by atoms with van der Waals surface area (Å²) in [6, 6.07) is 13.1. The van der Waals surface area contributed by atoms with Gasteiger partial charge < -0.3 is 10.1 Å². The number of benzene rings is 2. The van der Waals surface area contributed by atoms with Gasteiger partial charge in [0.1, 0.15) is 6.07 Å². The number of hydrogen-bond acceptors (Lipinski definition) is 8. The molecule has 0 saturated carbocycles. The molecule has 0 unspecified atom stereocenters. The number of hydrogen-bond donors (Lipinski definition) is 1. The first-order chi connectivity index (χ1) is 14.5. The zero-order chi connectivity index (χ0) is 21.5. The molecule has 10 heteroatoms. The summed E-state index contributed by atoms with van der Waals surface area (Å²) in [6.45, 7) is -0.512. The second-order valence-electron chi connectivity index (χ2n) is 6.24. The van der Waals surface area contributed by atoms with Crippen molar-refractivity contribution in [2.45, 2.75) is 19.3 Å². The molecule has 2 aromatic carbocycles. The molecule has 1 amide bonds. The quantitative estimate of drug-likeness (QED) is 0.332. The third-order valence-electron chi connectivity index (χ3n) is 4.08. The molecule has 3 rings (SSSR count). The first-order valence-electron chi connectivity index (χ1n) is 8.94. The Labute approximate surface area is 175 Å². The first-order valence-corrected chi connectivity index (χ1v) is 9.76. The van der Waals surface area contributed by atoms with Gasteiger partial charge in [0.05, 0.1) is 31.4 Å². The lowest BCUT2D eigenvalue weighted by Crippen LogP contribution is -2.21. The Morgan fingerprint density at radius 1 is 1.27 bits per heavy atom. The van der Waals surface area contributed by atoms with Gasteiger partial charge in [0.25, 0.3) is 11.6 Å². The van der Waals surface area contributed by atoms with Gasteiger partial charge in [0.2, 0.25) is 0 Å². The number of ether oxygens (including phenoxy) is 1. The Morgan fingerprint density at radius 2 is 2.07 bits per heavy atom. The number of fused-ring (bicyclic) bond motifs is 1. The molecular formula is C20H16N4O5S. The van der Waals surface area contributed by atoms with Crippen molar-refractivity contribution in [1.29, 1.82) is 5.26 Å². The monoisotopic (exact) mass is 424 g/mol. The van der Waals surface area contributed by atoms with E-state index in [0.29, 0.717) is 12.8 Å². The number of nitro benzene ring substituents is 1. The number of aryl methyl sites for hydroxylation is 1. The lowest BCUT2D eigenvalue weighted by molar-refractivity contribution is -0.384. The number of nitrogens with one attached hydrogen (secondary N) is 1. The van der Waals surface area contributed by atoms with Gasteiger partial charge in [-0.05, 0) is 31.0 Å². The number of para-hydroxylation sites is 1. The Morgan fingerprint density at radius 3 is 2.80 bits per heavy atom. The second kappa shape index (κ2) is 9.58. The number of amides is 1. The van der Waals surface area contributed by atoms with E-state index in [9.17, 15) is 19.7 Å². The molecule has 0 fully saturated rings. The van der Waals surface area contributed by atoms with Crippen LogP contribution in [0.25, 0.3) is 10.2 Å². The summed E-state index contributed by atoms with van der Waals surface area (Å²) in [7, 11) is 0. The number of carbonyl (C=O) groups excluding carboxylic acids is 2. The third-order valence-corrected chi connectivity index (χ3v) is 5.18. The molecule has 9 nitrogen and oxygen atoms in total. The van der Waals surface area contributed by atoms with E-state index >= 15 is 0 Å². The lowest BCUT2D eigenvalue weighted by atomic mass is 10.1. The summed E-state index contributed by atoms with van der Waals surface area (Å²) in [5, 5.41) is 23.2. The van der Waals surface area contributed by atoms with Crippen molar-refractivity contribution in [2.24, 2.45) is 0 Å². The topological polar surface area (TPSA) is 135 Å². The van der Waals surface area contributed by atoms with Crippen molar-refractivity contribution in [1.82, 2.24) is 4.98 Å². The van der Waals surface area contributed by atoms with Gasteiger partial charge in [-0.1, -0.05) is 12.1 Å². The van der Waals surface area contributed by atoms with E-state index in [0.717, 1.165) is 21.3 Å². The molecule has 1 aromatic heterocycles. The maximum absolute atomic E-state index is 12.0. The molecule has 0 spiro atoms. The molecule has 1 heterocycles. The van der Waals surface area contributed by atoms with Gasteiger partial charge >= 0.3 is 5.97 Å². The van der Waals surface area contributed by atoms with Crippen molar-refractivity contribution in [2.75, 3.05) is 11.9 Å². The molecule has 0 aliphatic heterocycles. The van der Waals surface area contributed by atoms with Crippen LogP contribution in [0.2, 0.25) is 0 Å². The fourth-order valence-electron chi connectivity index (χ4n) is 2.66. The summed E-state index contributed by atoms with van der Waals surface area (Å²) >= 11 is 1.58. The van der Waals surface area contributed by atoms with Gasteiger partial charge in [-0.25, -0.2) is 4.98 Å². The number of nitriles is 1. The van der Waals surface area contributed by atoms with Gasteiger partial charge in [-0.2, -0.15) is 5.26 Å². The fraction of sp³-hybridized carbons (Fsp3) is 0.200. The number of esters is 1. The van der Waals surface area contributed by atoms with Crippen molar-refractivity contribution in [3.8, 4) is 6.07 Å². The van der Waals surface area contributed by atoms with E-state index in [4.69, 9.17) is 10.00 Å². The number of carbonyl (C=O) groups is 2. The van der Waals surface area contributed by atoms with Gasteiger partial charge in [-0.15, -0.1) is 11.3 Å². The van der Waals surface area contributed by atoms with E-state index in [2.05, 4.69) is 10.3 Å². The predicted octanol–water partition coefficient (Wildman–Crippen LogP) is 3.58. The van der Waals surface area contributed by atoms with Crippen LogP contribution in [0.15, 0.2) is 42.5 Å². The molecule has 152 valence electrons. The van der Waals surface area contributed by atoms with Crippen LogP contribution in [0.5, 0.6) is 0 Å². The summed E-state index contributed by atoms with van der Waals surface area (Å²) < 4.78 is 6.04. The molecule has 0 aliphatic rings. The van der Waals surface area contributed by atoms with Crippen LogP contribution in [0.3, 0.4) is 0 Å². The van der Waals surface area contributed by atoms with E-state index < -0.39 is 23.4 Å². The molecule has 0 aliphatic carbocycles. The van der Waals surface area contributed by atoms with E-state index in [-0.39, 0.29) is 23.4 Å². The highest BCUT2D eigenvalue weighted by atomic mass is 32.1. The normalized spacial score (nSPS) is 10.4. The van der Waals surface area contributed by atoms with Crippen LogP contribution >= 0.6 is 11.3 Å². The van der Waals surface area contributed by atoms with Crippen LogP contribution in [0, 0.1) is 21.4 Å².